The van der Waals surface area contributed by atoms with Crippen LogP contribution in [0.2, 0.25) is 5.02 Å². The Morgan fingerprint density at radius 2 is 1.80 bits per heavy atom. The molecular formula is C19H17ClN4O. The van der Waals surface area contributed by atoms with E-state index in [-0.39, 0.29) is 11.9 Å². The van der Waals surface area contributed by atoms with E-state index in [4.69, 9.17) is 11.6 Å². The SMILES string of the molecule is CN1CCC(Nc2nnc(-c3ccc(Cl)cc3)c3ccccc23)C1=O. The molecule has 1 aliphatic heterocycles. The highest BCUT2D eigenvalue weighted by molar-refractivity contribution is 6.30. The van der Waals surface area contributed by atoms with Crippen molar-refractivity contribution >= 4 is 34.1 Å². The molecule has 2 aromatic carbocycles. The van der Waals surface area contributed by atoms with E-state index >= 15 is 0 Å². The number of rotatable bonds is 3. The largest absolute Gasteiger partial charge is 0.356 e. The maximum absolute atomic E-state index is 12.2. The normalized spacial score (nSPS) is 17.3. The highest BCUT2D eigenvalue weighted by Crippen LogP contribution is 2.31. The molecule has 5 nitrogen and oxygen atoms in total. The Morgan fingerprint density at radius 3 is 2.48 bits per heavy atom. The van der Waals surface area contributed by atoms with E-state index in [1.54, 1.807) is 4.90 Å². The van der Waals surface area contributed by atoms with Gasteiger partial charge in [-0.3, -0.25) is 4.79 Å². The van der Waals surface area contributed by atoms with Crippen LogP contribution in [-0.2, 0) is 4.79 Å². The molecular weight excluding hydrogens is 336 g/mol. The van der Waals surface area contributed by atoms with E-state index in [9.17, 15) is 4.79 Å². The quantitative estimate of drug-likeness (QED) is 0.782. The number of nitrogens with zero attached hydrogens (tertiary/aromatic N) is 3. The standard InChI is InChI=1S/C19H17ClN4O/c1-24-11-10-16(19(24)25)21-18-15-5-3-2-4-14(15)17(22-23-18)12-6-8-13(20)9-7-12/h2-9,16H,10-11H2,1H3,(H,21,23). The summed E-state index contributed by atoms with van der Waals surface area (Å²) in [6.07, 6.45) is 0.768. The third kappa shape index (κ3) is 2.91. The van der Waals surface area contributed by atoms with E-state index in [2.05, 4.69) is 15.5 Å². The lowest BCUT2D eigenvalue weighted by Crippen LogP contribution is -2.31. The number of anilines is 1. The summed E-state index contributed by atoms with van der Waals surface area (Å²) in [6.45, 7) is 0.755. The molecule has 0 radical (unpaired) electrons. The number of fused-ring (bicyclic) bond motifs is 1. The van der Waals surface area contributed by atoms with Gasteiger partial charge in [-0.25, -0.2) is 0 Å². The van der Waals surface area contributed by atoms with Crippen LogP contribution in [0.5, 0.6) is 0 Å². The lowest BCUT2D eigenvalue weighted by Gasteiger charge is -2.15. The van der Waals surface area contributed by atoms with Crippen molar-refractivity contribution in [3.05, 3.63) is 53.6 Å². The fourth-order valence-electron chi connectivity index (χ4n) is 3.15. The number of hydrogen-bond donors (Lipinski definition) is 1. The monoisotopic (exact) mass is 352 g/mol. The predicted octanol–water partition coefficient (Wildman–Crippen LogP) is 3.59. The van der Waals surface area contributed by atoms with Crippen LogP contribution in [0.25, 0.3) is 22.0 Å². The minimum Gasteiger partial charge on any atom is -0.356 e. The number of benzene rings is 2. The average molecular weight is 353 g/mol. The third-order valence-corrected chi connectivity index (χ3v) is 4.80. The molecule has 126 valence electrons. The molecule has 6 heteroatoms. The van der Waals surface area contributed by atoms with Crippen molar-refractivity contribution in [3.8, 4) is 11.3 Å². The van der Waals surface area contributed by atoms with Crippen LogP contribution in [0.3, 0.4) is 0 Å². The van der Waals surface area contributed by atoms with E-state index in [0.29, 0.717) is 10.8 Å². The molecule has 1 fully saturated rings. The molecule has 0 bridgehead atoms. The van der Waals surface area contributed by atoms with E-state index in [0.717, 1.165) is 35.0 Å². The second-order valence-electron chi connectivity index (χ2n) is 6.20. The van der Waals surface area contributed by atoms with E-state index < -0.39 is 0 Å². The Balaban J connectivity index is 1.77. The van der Waals surface area contributed by atoms with Crippen LogP contribution in [0.1, 0.15) is 6.42 Å². The third-order valence-electron chi connectivity index (χ3n) is 4.54. The first-order valence-electron chi connectivity index (χ1n) is 8.16. The van der Waals surface area contributed by atoms with Gasteiger partial charge < -0.3 is 10.2 Å². The second-order valence-corrected chi connectivity index (χ2v) is 6.63. The zero-order chi connectivity index (χ0) is 17.4. The molecule has 1 atom stereocenters. The van der Waals surface area contributed by atoms with Crippen LogP contribution in [0.4, 0.5) is 5.82 Å². The number of likely N-dealkylation sites (tertiary alicyclic amines) is 1. The topological polar surface area (TPSA) is 58.1 Å². The molecule has 2 heterocycles. The van der Waals surface area contributed by atoms with Crippen molar-refractivity contribution in [2.75, 3.05) is 18.9 Å². The van der Waals surface area contributed by atoms with Crippen molar-refractivity contribution in [3.63, 3.8) is 0 Å². The molecule has 1 amide bonds. The Bertz CT molecular complexity index is 942. The summed E-state index contributed by atoms with van der Waals surface area (Å²) in [6, 6.07) is 15.2. The van der Waals surface area contributed by atoms with Gasteiger partial charge in [-0.2, -0.15) is 0 Å². The Hall–Kier alpha value is -2.66. The van der Waals surface area contributed by atoms with E-state index in [1.165, 1.54) is 0 Å². The van der Waals surface area contributed by atoms with Crippen LogP contribution >= 0.6 is 11.6 Å². The maximum atomic E-state index is 12.2. The smallest absolute Gasteiger partial charge is 0.244 e. The van der Waals surface area contributed by atoms with Gasteiger partial charge in [-0.15, -0.1) is 10.2 Å². The van der Waals surface area contributed by atoms with Crippen molar-refractivity contribution in [2.45, 2.75) is 12.5 Å². The molecule has 1 N–H and O–H groups in total. The Kier molecular flexibility index (Phi) is 4.01. The summed E-state index contributed by atoms with van der Waals surface area (Å²) >= 11 is 5.98. The number of aromatic nitrogens is 2. The first-order valence-corrected chi connectivity index (χ1v) is 8.54. The van der Waals surface area contributed by atoms with Gasteiger partial charge in [-0.05, 0) is 18.6 Å². The minimum atomic E-state index is -0.246. The first kappa shape index (κ1) is 15.8. The zero-order valence-corrected chi connectivity index (χ0v) is 14.5. The number of carbonyl (C=O) groups excluding carboxylic acids is 1. The Morgan fingerprint density at radius 1 is 1.08 bits per heavy atom. The number of amides is 1. The fraction of sp³-hybridized carbons (Fsp3) is 0.211. The van der Waals surface area contributed by atoms with Crippen LogP contribution in [-0.4, -0.2) is 40.6 Å². The van der Waals surface area contributed by atoms with Gasteiger partial charge in [0.1, 0.15) is 11.7 Å². The zero-order valence-electron chi connectivity index (χ0n) is 13.7. The number of carbonyl (C=O) groups is 1. The molecule has 1 unspecified atom stereocenters. The van der Waals surface area contributed by atoms with Crippen LogP contribution in [0, 0.1) is 0 Å². The molecule has 1 aromatic heterocycles. The lowest BCUT2D eigenvalue weighted by atomic mass is 10.0. The summed E-state index contributed by atoms with van der Waals surface area (Å²) in [7, 11) is 1.82. The van der Waals surface area contributed by atoms with Gasteiger partial charge in [0.15, 0.2) is 5.82 Å². The average Bonchev–Trinajstić information content (AvgIpc) is 2.95. The number of hydrogen-bond acceptors (Lipinski definition) is 4. The first-order chi connectivity index (χ1) is 12.1. The van der Waals surface area contributed by atoms with Crippen molar-refractivity contribution < 1.29 is 4.79 Å². The number of halogens is 1. The Labute approximate surface area is 150 Å². The molecule has 0 saturated carbocycles. The minimum absolute atomic E-state index is 0.0904. The highest BCUT2D eigenvalue weighted by Gasteiger charge is 2.29. The lowest BCUT2D eigenvalue weighted by molar-refractivity contribution is -0.127. The molecule has 1 saturated heterocycles. The maximum Gasteiger partial charge on any atom is 0.244 e. The molecule has 0 aliphatic carbocycles. The van der Waals surface area contributed by atoms with Gasteiger partial charge in [-0.1, -0.05) is 48.0 Å². The van der Waals surface area contributed by atoms with Crippen molar-refractivity contribution in [1.82, 2.24) is 15.1 Å². The summed E-state index contributed by atoms with van der Waals surface area (Å²) in [5, 5.41) is 14.7. The van der Waals surface area contributed by atoms with Gasteiger partial charge in [0, 0.05) is 35.0 Å². The van der Waals surface area contributed by atoms with Crippen LogP contribution < -0.4 is 5.32 Å². The predicted molar refractivity (Wildman–Crippen MR) is 99.6 cm³/mol. The molecule has 4 rings (SSSR count). The fourth-order valence-corrected chi connectivity index (χ4v) is 3.28. The summed E-state index contributed by atoms with van der Waals surface area (Å²) in [5.41, 5.74) is 1.75. The van der Waals surface area contributed by atoms with Crippen LogP contribution in [0.15, 0.2) is 48.5 Å². The van der Waals surface area contributed by atoms with Gasteiger partial charge in [0.2, 0.25) is 5.91 Å². The van der Waals surface area contributed by atoms with E-state index in [1.807, 2.05) is 55.6 Å². The van der Waals surface area contributed by atoms with Crippen molar-refractivity contribution in [1.29, 1.82) is 0 Å². The van der Waals surface area contributed by atoms with Gasteiger partial charge in [0.05, 0.1) is 0 Å². The summed E-state index contributed by atoms with van der Waals surface area (Å²) < 4.78 is 0. The van der Waals surface area contributed by atoms with Gasteiger partial charge >= 0.3 is 0 Å². The molecule has 1 aliphatic rings. The number of likely N-dealkylation sites (N-methyl/N-ethyl adjacent to an activating group) is 1. The molecule has 0 spiro atoms. The van der Waals surface area contributed by atoms with Crippen molar-refractivity contribution in [2.24, 2.45) is 0 Å². The molecule has 25 heavy (non-hydrogen) atoms. The number of nitrogens with one attached hydrogen (secondary N) is 1. The molecule has 3 aromatic rings. The van der Waals surface area contributed by atoms with Gasteiger partial charge in [0.25, 0.3) is 0 Å². The second kappa shape index (κ2) is 6.33. The highest BCUT2D eigenvalue weighted by atomic mass is 35.5. The summed E-state index contributed by atoms with van der Waals surface area (Å²) in [5.74, 6) is 0.731. The summed E-state index contributed by atoms with van der Waals surface area (Å²) in [4.78, 5) is 13.9.